The molecule has 0 bridgehead atoms. The first-order chi connectivity index (χ1) is 15.4. The molecule has 0 saturated carbocycles. The van der Waals surface area contributed by atoms with Crippen LogP contribution in [0.1, 0.15) is 37.6 Å². The van der Waals surface area contributed by atoms with Gasteiger partial charge in [0.1, 0.15) is 5.82 Å². The van der Waals surface area contributed by atoms with Crippen LogP contribution in [0, 0.1) is 0 Å². The molecule has 0 aliphatic rings. The number of nitrogens with two attached hydrogens (primary N) is 2. The van der Waals surface area contributed by atoms with Gasteiger partial charge in [-0.1, -0.05) is 49.3 Å². The largest absolute Gasteiger partial charge is 0.368 e. The van der Waals surface area contributed by atoms with Crippen molar-refractivity contribution in [2.75, 3.05) is 11.5 Å². The second-order valence-electron chi connectivity index (χ2n) is 7.35. The van der Waals surface area contributed by atoms with Gasteiger partial charge in [0.25, 0.3) is 5.56 Å². The van der Waals surface area contributed by atoms with Crippen molar-refractivity contribution in [1.29, 1.82) is 0 Å². The fourth-order valence-corrected chi connectivity index (χ4v) is 4.34. The van der Waals surface area contributed by atoms with Crippen LogP contribution in [0.25, 0.3) is 16.6 Å². The van der Waals surface area contributed by atoms with Crippen molar-refractivity contribution >= 4 is 46.2 Å². The second kappa shape index (κ2) is 9.13. The van der Waals surface area contributed by atoms with Gasteiger partial charge < -0.3 is 11.5 Å². The maximum Gasteiger partial charge on any atom is 0.266 e. The summed E-state index contributed by atoms with van der Waals surface area (Å²) in [5.41, 5.74) is 13.6. The molecule has 2 aromatic heterocycles. The summed E-state index contributed by atoms with van der Waals surface area (Å²) in [7, 11) is 0. The van der Waals surface area contributed by atoms with Gasteiger partial charge in [-0.2, -0.15) is 15.0 Å². The van der Waals surface area contributed by atoms with Crippen molar-refractivity contribution in [2.24, 2.45) is 0 Å². The lowest BCUT2D eigenvalue weighted by Crippen LogP contribution is -2.22. The molecule has 0 saturated heterocycles. The van der Waals surface area contributed by atoms with E-state index in [-0.39, 0.29) is 17.5 Å². The highest BCUT2D eigenvalue weighted by molar-refractivity contribution is 7.98. The molecule has 0 amide bonds. The minimum Gasteiger partial charge on any atom is -0.368 e. The third kappa shape index (κ3) is 4.53. The highest BCUT2D eigenvalue weighted by Crippen LogP contribution is 2.26. The van der Waals surface area contributed by atoms with Gasteiger partial charge in [0, 0.05) is 5.02 Å². The van der Waals surface area contributed by atoms with Crippen LogP contribution in [0.4, 0.5) is 11.9 Å². The number of hydrogen-bond acceptors (Lipinski definition) is 8. The molecule has 1 atom stereocenters. The molecule has 1 unspecified atom stereocenters. The summed E-state index contributed by atoms with van der Waals surface area (Å²) in [5, 5.41) is 1.42. The summed E-state index contributed by atoms with van der Waals surface area (Å²) < 4.78 is 1.58. The van der Waals surface area contributed by atoms with Gasteiger partial charge >= 0.3 is 0 Å². The minimum absolute atomic E-state index is 0.0484. The molecular weight excluding hydrogens is 446 g/mol. The summed E-state index contributed by atoms with van der Waals surface area (Å²) in [6.45, 7) is 4.32. The van der Waals surface area contributed by atoms with Gasteiger partial charge in [-0.15, -0.1) is 0 Å². The average Bonchev–Trinajstić information content (AvgIpc) is 2.77. The molecular formula is C22H22ClN7OS. The summed E-state index contributed by atoms with van der Waals surface area (Å²) in [6.07, 6.45) is 1.04. The van der Waals surface area contributed by atoms with Crippen molar-refractivity contribution in [1.82, 2.24) is 24.5 Å². The number of halogens is 1. The van der Waals surface area contributed by atoms with Crippen molar-refractivity contribution < 1.29 is 0 Å². The summed E-state index contributed by atoms with van der Waals surface area (Å²) in [5.74, 6) is 1.25. The Hall–Kier alpha value is -3.17. The highest BCUT2D eigenvalue weighted by Gasteiger charge is 2.15. The van der Waals surface area contributed by atoms with Crippen LogP contribution in [0.5, 0.6) is 0 Å². The molecule has 8 nitrogen and oxygen atoms in total. The van der Waals surface area contributed by atoms with Gasteiger partial charge in [0.15, 0.2) is 5.16 Å². The molecule has 2 aromatic carbocycles. The Balaban J connectivity index is 1.81. The first-order valence-electron chi connectivity index (χ1n) is 10.1. The first kappa shape index (κ1) is 22.0. The Kier molecular flexibility index (Phi) is 6.29. The minimum atomic E-state index is -0.203. The molecule has 0 fully saturated rings. The van der Waals surface area contributed by atoms with Gasteiger partial charge in [-0.3, -0.25) is 9.36 Å². The summed E-state index contributed by atoms with van der Waals surface area (Å²) in [6, 6.07) is 13.0. The van der Waals surface area contributed by atoms with Gasteiger partial charge in [0.05, 0.1) is 22.3 Å². The van der Waals surface area contributed by atoms with Crippen LogP contribution >= 0.6 is 23.4 Å². The third-order valence-corrected chi connectivity index (χ3v) is 6.35. The monoisotopic (exact) mass is 467 g/mol. The van der Waals surface area contributed by atoms with E-state index < -0.39 is 0 Å². The molecule has 32 heavy (non-hydrogen) atoms. The van der Waals surface area contributed by atoms with E-state index in [0.29, 0.717) is 44.3 Å². The zero-order valence-electron chi connectivity index (χ0n) is 17.6. The zero-order chi connectivity index (χ0) is 22.8. The summed E-state index contributed by atoms with van der Waals surface area (Å²) in [4.78, 5) is 30.2. The van der Waals surface area contributed by atoms with E-state index in [1.54, 1.807) is 22.8 Å². The van der Waals surface area contributed by atoms with E-state index in [9.17, 15) is 4.79 Å². The number of nitrogens with zero attached hydrogens (tertiary/aromatic N) is 5. The Morgan fingerprint density at radius 3 is 2.38 bits per heavy atom. The normalized spacial score (nSPS) is 12.2. The number of hydrogen-bond donors (Lipinski definition) is 2. The Bertz CT molecular complexity index is 1320. The van der Waals surface area contributed by atoms with Crippen molar-refractivity contribution in [3.8, 4) is 5.69 Å². The molecule has 0 aliphatic heterocycles. The van der Waals surface area contributed by atoms with Crippen LogP contribution in [-0.2, 0) is 5.75 Å². The lowest BCUT2D eigenvalue weighted by molar-refractivity contribution is 0.732. The molecule has 10 heteroatoms. The third-order valence-electron chi connectivity index (χ3n) is 5.18. The van der Waals surface area contributed by atoms with E-state index in [0.717, 1.165) is 6.42 Å². The molecule has 0 spiro atoms. The molecule has 0 aliphatic carbocycles. The van der Waals surface area contributed by atoms with Crippen molar-refractivity contribution in [3.05, 3.63) is 69.2 Å². The van der Waals surface area contributed by atoms with E-state index in [1.807, 2.05) is 24.3 Å². The number of anilines is 2. The van der Waals surface area contributed by atoms with Crippen LogP contribution < -0.4 is 17.0 Å². The van der Waals surface area contributed by atoms with Gasteiger partial charge in [-0.25, -0.2) is 4.98 Å². The molecule has 2 heterocycles. The zero-order valence-corrected chi connectivity index (χ0v) is 19.2. The lowest BCUT2D eigenvalue weighted by atomic mass is 9.98. The van der Waals surface area contributed by atoms with Crippen LogP contribution in [0.15, 0.2) is 52.4 Å². The van der Waals surface area contributed by atoms with Crippen LogP contribution in [0.3, 0.4) is 0 Å². The Labute approximate surface area is 194 Å². The fraction of sp³-hybridized carbons (Fsp3) is 0.227. The lowest BCUT2D eigenvalue weighted by Gasteiger charge is -2.15. The van der Waals surface area contributed by atoms with E-state index in [4.69, 9.17) is 28.1 Å². The van der Waals surface area contributed by atoms with Crippen molar-refractivity contribution in [3.63, 3.8) is 0 Å². The van der Waals surface area contributed by atoms with Crippen LogP contribution in [-0.4, -0.2) is 24.5 Å². The molecule has 4 aromatic rings. The number of nitrogen functional groups attached to an aromatic ring is 2. The smallest absolute Gasteiger partial charge is 0.266 e. The Morgan fingerprint density at radius 2 is 1.72 bits per heavy atom. The molecule has 0 radical (unpaired) electrons. The van der Waals surface area contributed by atoms with E-state index in [1.165, 1.54) is 17.3 Å². The van der Waals surface area contributed by atoms with Gasteiger partial charge in [-0.05, 0) is 48.2 Å². The number of aromatic nitrogens is 5. The number of benzene rings is 2. The summed E-state index contributed by atoms with van der Waals surface area (Å²) >= 11 is 7.46. The number of rotatable bonds is 6. The SMILES string of the molecule is CCC(C)c1ccc(-n2c(SCc3nc(N)nc(N)n3)nc3ccc(Cl)cc3c2=O)cc1. The maximum atomic E-state index is 13.5. The van der Waals surface area contributed by atoms with Crippen molar-refractivity contribution in [2.45, 2.75) is 37.1 Å². The average molecular weight is 468 g/mol. The topological polar surface area (TPSA) is 126 Å². The second-order valence-corrected chi connectivity index (χ2v) is 8.73. The first-order valence-corrected chi connectivity index (χ1v) is 11.4. The van der Waals surface area contributed by atoms with Gasteiger partial charge in [0.2, 0.25) is 11.9 Å². The Morgan fingerprint density at radius 1 is 1.03 bits per heavy atom. The predicted molar refractivity (Wildman–Crippen MR) is 129 cm³/mol. The molecule has 4 rings (SSSR count). The quantitative estimate of drug-likeness (QED) is 0.319. The predicted octanol–water partition coefficient (Wildman–Crippen LogP) is 4.19. The number of fused-ring (bicyclic) bond motifs is 1. The molecule has 4 N–H and O–H groups in total. The van der Waals surface area contributed by atoms with Crippen LogP contribution in [0.2, 0.25) is 5.02 Å². The van der Waals surface area contributed by atoms with E-state index in [2.05, 4.69) is 28.8 Å². The number of thioether (sulfide) groups is 1. The standard InChI is InChI=1S/C22H22ClN7OS/c1-3-12(2)13-4-7-15(8-5-13)30-19(31)16-10-14(23)6-9-17(16)26-22(30)32-11-18-27-20(24)29-21(25)28-18/h4-10,12H,3,11H2,1-2H3,(H4,24,25,27,28,29). The maximum absolute atomic E-state index is 13.5. The highest BCUT2D eigenvalue weighted by atomic mass is 35.5. The fourth-order valence-electron chi connectivity index (χ4n) is 3.30. The van der Waals surface area contributed by atoms with E-state index >= 15 is 0 Å². The molecule has 164 valence electrons.